The summed E-state index contributed by atoms with van der Waals surface area (Å²) in [5.74, 6) is 0.192. The molecule has 0 aliphatic carbocycles. The maximum atomic E-state index is 12.2. The van der Waals surface area contributed by atoms with Crippen LogP contribution in [0.25, 0.3) is 0 Å². The molecule has 19 heavy (non-hydrogen) atoms. The second-order valence-corrected chi connectivity index (χ2v) is 4.91. The maximum absolute atomic E-state index is 12.2. The number of aliphatic hydroxyl groups excluding tert-OH is 1. The van der Waals surface area contributed by atoms with Crippen LogP contribution < -0.4 is 0 Å². The smallest absolute Gasteiger partial charge is 0.164 e. The minimum atomic E-state index is 0.155. The summed E-state index contributed by atoms with van der Waals surface area (Å²) in [6, 6.07) is 7.71. The molecule has 0 radical (unpaired) electrons. The van der Waals surface area contributed by atoms with Crippen molar-refractivity contribution in [2.45, 2.75) is 33.1 Å². The quantitative estimate of drug-likeness (QED) is 0.696. The van der Waals surface area contributed by atoms with E-state index >= 15 is 0 Å². The largest absolute Gasteiger partial charge is 0.395 e. The Morgan fingerprint density at radius 3 is 2.58 bits per heavy atom. The van der Waals surface area contributed by atoms with E-state index in [9.17, 15) is 4.79 Å². The van der Waals surface area contributed by atoms with E-state index in [0.717, 1.165) is 37.1 Å². The Balaban J connectivity index is 2.49. The van der Waals surface area contributed by atoms with Gasteiger partial charge >= 0.3 is 0 Å². The van der Waals surface area contributed by atoms with E-state index < -0.39 is 0 Å². The van der Waals surface area contributed by atoms with E-state index in [4.69, 9.17) is 5.11 Å². The summed E-state index contributed by atoms with van der Waals surface area (Å²) in [6.45, 7) is 6.61. The third kappa shape index (κ3) is 5.53. The van der Waals surface area contributed by atoms with Crippen LogP contribution in [0.3, 0.4) is 0 Å². The fraction of sp³-hybridized carbons (Fsp3) is 0.562. The van der Waals surface area contributed by atoms with Crippen LogP contribution in [-0.2, 0) is 0 Å². The standard InChI is InChI=1S/C16H25NO2/c1-3-4-10-17(12-13-18)11-9-16(19)15-8-6-5-7-14(15)2/h5-8,18H,3-4,9-13H2,1-2H3. The molecule has 0 saturated heterocycles. The molecular weight excluding hydrogens is 238 g/mol. The molecule has 0 bridgehead atoms. The highest BCUT2D eigenvalue weighted by Gasteiger charge is 2.11. The fourth-order valence-electron chi connectivity index (χ4n) is 2.14. The van der Waals surface area contributed by atoms with Gasteiger partial charge in [0.25, 0.3) is 0 Å². The SMILES string of the molecule is CCCCN(CCO)CCC(=O)c1ccccc1C. The summed E-state index contributed by atoms with van der Waals surface area (Å²) in [4.78, 5) is 14.3. The van der Waals surface area contributed by atoms with Gasteiger partial charge in [-0.05, 0) is 25.5 Å². The summed E-state index contributed by atoms with van der Waals surface area (Å²) < 4.78 is 0. The number of unbranched alkanes of at least 4 members (excludes halogenated alkanes) is 1. The van der Waals surface area contributed by atoms with Gasteiger partial charge in [0.1, 0.15) is 0 Å². The van der Waals surface area contributed by atoms with Gasteiger partial charge in [-0.2, -0.15) is 0 Å². The number of nitrogens with zero attached hydrogens (tertiary/aromatic N) is 1. The third-order valence-electron chi connectivity index (χ3n) is 3.34. The van der Waals surface area contributed by atoms with Crippen molar-refractivity contribution in [3.05, 3.63) is 35.4 Å². The molecule has 0 heterocycles. The van der Waals surface area contributed by atoms with Gasteiger partial charge < -0.3 is 10.0 Å². The molecule has 0 aliphatic heterocycles. The molecule has 1 aromatic carbocycles. The number of carbonyl (C=O) groups is 1. The first-order valence-corrected chi connectivity index (χ1v) is 7.11. The fourth-order valence-corrected chi connectivity index (χ4v) is 2.14. The van der Waals surface area contributed by atoms with Crippen molar-refractivity contribution in [3.8, 4) is 0 Å². The summed E-state index contributed by atoms with van der Waals surface area (Å²) in [6.07, 6.45) is 2.76. The lowest BCUT2D eigenvalue weighted by Crippen LogP contribution is -2.30. The number of Topliss-reactive ketones (excluding diaryl/α,β-unsaturated/α-hetero) is 1. The van der Waals surface area contributed by atoms with Crippen LogP contribution in [0.4, 0.5) is 0 Å². The van der Waals surface area contributed by atoms with Gasteiger partial charge in [-0.3, -0.25) is 4.79 Å². The van der Waals surface area contributed by atoms with Gasteiger partial charge in [0.05, 0.1) is 6.61 Å². The highest BCUT2D eigenvalue weighted by atomic mass is 16.3. The van der Waals surface area contributed by atoms with Crippen LogP contribution in [0.1, 0.15) is 42.1 Å². The molecule has 106 valence electrons. The predicted octanol–water partition coefficient (Wildman–Crippen LogP) is 2.66. The van der Waals surface area contributed by atoms with E-state index in [-0.39, 0.29) is 12.4 Å². The predicted molar refractivity (Wildman–Crippen MR) is 78.6 cm³/mol. The average Bonchev–Trinajstić information content (AvgIpc) is 2.42. The second-order valence-electron chi connectivity index (χ2n) is 4.91. The second kappa shape index (κ2) is 8.83. The first-order valence-electron chi connectivity index (χ1n) is 7.11. The number of hydrogen-bond acceptors (Lipinski definition) is 3. The van der Waals surface area contributed by atoms with Crippen LogP contribution in [0.2, 0.25) is 0 Å². The number of carbonyl (C=O) groups excluding carboxylic acids is 1. The van der Waals surface area contributed by atoms with Crippen molar-refractivity contribution in [1.29, 1.82) is 0 Å². The van der Waals surface area contributed by atoms with Gasteiger partial charge in [-0.25, -0.2) is 0 Å². The monoisotopic (exact) mass is 263 g/mol. The molecule has 0 aromatic heterocycles. The Morgan fingerprint density at radius 1 is 1.21 bits per heavy atom. The average molecular weight is 263 g/mol. The highest BCUT2D eigenvalue weighted by Crippen LogP contribution is 2.10. The Morgan fingerprint density at radius 2 is 1.95 bits per heavy atom. The summed E-state index contributed by atoms with van der Waals surface area (Å²) in [7, 11) is 0. The molecule has 0 spiro atoms. The Bertz CT molecular complexity index is 390. The van der Waals surface area contributed by atoms with Crippen molar-refractivity contribution in [1.82, 2.24) is 4.90 Å². The number of benzene rings is 1. The normalized spacial score (nSPS) is 10.9. The molecule has 1 N–H and O–H groups in total. The van der Waals surface area contributed by atoms with Crippen molar-refractivity contribution >= 4 is 5.78 Å². The number of hydrogen-bond donors (Lipinski definition) is 1. The van der Waals surface area contributed by atoms with E-state index in [0.29, 0.717) is 13.0 Å². The molecule has 0 atom stereocenters. The molecular formula is C16H25NO2. The molecule has 0 aliphatic rings. The van der Waals surface area contributed by atoms with Gasteiger partial charge in [0.15, 0.2) is 5.78 Å². The molecule has 0 saturated carbocycles. The molecule has 1 aromatic rings. The van der Waals surface area contributed by atoms with E-state index in [1.54, 1.807) is 0 Å². The minimum Gasteiger partial charge on any atom is -0.395 e. The van der Waals surface area contributed by atoms with Gasteiger partial charge in [0.2, 0.25) is 0 Å². The lowest BCUT2D eigenvalue weighted by atomic mass is 10.0. The Hall–Kier alpha value is -1.19. The van der Waals surface area contributed by atoms with Gasteiger partial charge in [-0.1, -0.05) is 37.6 Å². The first kappa shape index (κ1) is 15.9. The molecule has 0 amide bonds. The van der Waals surface area contributed by atoms with Crippen molar-refractivity contribution in [2.75, 3.05) is 26.2 Å². The van der Waals surface area contributed by atoms with Crippen LogP contribution >= 0.6 is 0 Å². The van der Waals surface area contributed by atoms with E-state index in [2.05, 4.69) is 11.8 Å². The highest BCUT2D eigenvalue weighted by molar-refractivity contribution is 5.97. The number of aryl methyl sites for hydroxylation is 1. The van der Waals surface area contributed by atoms with Crippen molar-refractivity contribution < 1.29 is 9.90 Å². The maximum Gasteiger partial charge on any atom is 0.164 e. The summed E-state index contributed by atoms with van der Waals surface area (Å²) >= 11 is 0. The molecule has 0 fully saturated rings. The minimum absolute atomic E-state index is 0.155. The Kier molecular flexibility index (Phi) is 7.38. The lowest BCUT2D eigenvalue weighted by Gasteiger charge is -2.20. The number of aliphatic hydroxyl groups is 1. The van der Waals surface area contributed by atoms with Crippen molar-refractivity contribution in [2.24, 2.45) is 0 Å². The molecule has 1 rings (SSSR count). The zero-order valence-electron chi connectivity index (χ0n) is 12.1. The van der Waals surface area contributed by atoms with Crippen LogP contribution in [0.5, 0.6) is 0 Å². The van der Waals surface area contributed by atoms with Gasteiger partial charge in [0, 0.05) is 25.1 Å². The van der Waals surface area contributed by atoms with Gasteiger partial charge in [-0.15, -0.1) is 0 Å². The summed E-state index contributed by atoms with van der Waals surface area (Å²) in [5, 5.41) is 9.04. The van der Waals surface area contributed by atoms with E-state index in [1.807, 2.05) is 31.2 Å². The van der Waals surface area contributed by atoms with Crippen LogP contribution in [0.15, 0.2) is 24.3 Å². The van der Waals surface area contributed by atoms with Crippen molar-refractivity contribution in [3.63, 3.8) is 0 Å². The molecule has 3 heteroatoms. The summed E-state index contributed by atoms with van der Waals surface area (Å²) in [5.41, 5.74) is 1.86. The number of rotatable bonds is 9. The first-order chi connectivity index (χ1) is 9.19. The lowest BCUT2D eigenvalue weighted by molar-refractivity contribution is 0.0956. The Labute approximate surface area is 116 Å². The molecule has 0 unspecified atom stereocenters. The zero-order chi connectivity index (χ0) is 14.1. The van der Waals surface area contributed by atoms with E-state index in [1.165, 1.54) is 0 Å². The molecule has 3 nitrogen and oxygen atoms in total. The third-order valence-corrected chi connectivity index (χ3v) is 3.34. The van der Waals surface area contributed by atoms with Crippen LogP contribution in [-0.4, -0.2) is 42.0 Å². The topological polar surface area (TPSA) is 40.5 Å². The van der Waals surface area contributed by atoms with Crippen LogP contribution in [0, 0.1) is 6.92 Å². The zero-order valence-corrected chi connectivity index (χ0v) is 12.1. The number of ketones is 1.